The number of aromatic hydroxyl groups is 1. The molecule has 0 bridgehead atoms. The second-order valence-electron chi connectivity index (χ2n) is 9.36. The van der Waals surface area contributed by atoms with Crippen molar-refractivity contribution in [3.05, 3.63) is 59.4 Å². The monoisotopic (exact) mass is 363 g/mol. The van der Waals surface area contributed by atoms with Crippen molar-refractivity contribution in [3.63, 3.8) is 0 Å². The highest BCUT2D eigenvalue weighted by molar-refractivity contribution is 5.40. The molecule has 1 aromatic carbocycles. The van der Waals surface area contributed by atoms with Gasteiger partial charge >= 0.3 is 0 Å². The molecule has 0 spiro atoms. The van der Waals surface area contributed by atoms with Crippen LogP contribution in [0.25, 0.3) is 0 Å². The maximum Gasteiger partial charge on any atom is 0.115 e. The van der Waals surface area contributed by atoms with Crippen molar-refractivity contribution in [3.8, 4) is 5.75 Å². The maximum absolute atomic E-state index is 11.8. The molecule has 2 aromatic rings. The quantitative estimate of drug-likeness (QED) is 0.819. The van der Waals surface area contributed by atoms with Gasteiger partial charge in [0.2, 0.25) is 0 Å². The highest BCUT2D eigenvalue weighted by Gasteiger charge is 2.61. The summed E-state index contributed by atoms with van der Waals surface area (Å²) < 4.78 is 0. The van der Waals surface area contributed by atoms with Crippen LogP contribution >= 0.6 is 0 Å². The van der Waals surface area contributed by atoms with Gasteiger partial charge in [0.15, 0.2) is 0 Å². The van der Waals surface area contributed by atoms with E-state index in [2.05, 4.69) is 24.0 Å². The van der Waals surface area contributed by atoms with Crippen LogP contribution in [0.1, 0.15) is 61.6 Å². The molecule has 2 N–H and O–H groups in total. The number of hydrogen-bond donors (Lipinski definition) is 2. The Hall–Kier alpha value is -1.87. The maximum atomic E-state index is 11.8. The van der Waals surface area contributed by atoms with Gasteiger partial charge in [0.25, 0.3) is 0 Å². The van der Waals surface area contributed by atoms with Gasteiger partial charge < -0.3 is 10.2 Å². The number of phenols is 1. The van der Waals surface area contributed by atoms with Crippen molar-refractivity contribution in [1.82, 2.24) is 4.98 Å². The van der Waals surface area contributed by atoms with E-state index in [1.54, 1.807) is 6.20 Å². The van der Waals surface area contributed by atoms with Gasteiger partial charge in [-0.25, -0.2) is 0 Å². The lowest BCUT2D eigenvalue weighted by molar-refractivity contribution is -0.102. The van der Waals surface area contributed by atoms with Crippen LogP contribution in [0.3, 0.4) is 0 Å². The van der Waals surface area contributed by atoms with Gasteiger partial charge in [-0.05, 0) is 96.6 Å². The van der Waals surface area contributed by atoms with Crippen molar-refractivity contribution in [1.29, 1.82) is 0 Å². The molecule has 0 radical (unpaired) electrons. The van der Waals surface area contributed by atoms with Gasteiger partial charge in [-0.3, -0.25) is 4.98 Å². The van der Waals surface area contributed by atoms with E-state index in [1.807, 2.05) is 24.4 Å². The first-order valence-corrected chi connectivity index (χ1v) is 10.4. The number of fused-ring (bicyclic) bond motifs is 5. The second-order valence-corrected chi connectivity index (χ2v) is 9.36. The molecule has 1 heterocycles. The molecule has 1 aromatic heterocycles. The molecule has 2 saturated carbocycles. The molecule has 27 heavy (non-hydrogen) atoms. The van der Waals surface area contributed by atoms with Crippen LogP contribution in [0.15, 0.2) is 42.7 Å². The zero-order chi connectivity index (χ0) is 18.6. The van der Waals surface area contributed by atoms with Crippen molar-refractivity contribution in [2.24, 2.45) is 17.3 Å². The fourth-order valence-corrected chi connectivity index (χ4v) is 6.81. The second kappa shape index (κ2) is 6.07. The van der Waals surface area contributed by atoms with Gasteiger partial charge in [-0.2, -0.15) is 0 Å². The normalized spacial score (nSPS) is 37.3. The lowest BCUT2D eigenvalue weighted by Gasteiger charge is -2.53. The van der Waals surface area contributed by atoms with Crippen molar-refractivity contribution in [2.45, 2.75) is 63.4 Å². The van der Waals surface area contributed by atoms with E-state index in [0.29, 0.717) is 23.5 Å². The Morgan fingerprint density at radius 1 is 1.15 bits per heavy atom. The average Bonchev–Trinajstić information content (AvgIpc) is 2.93. The molecule has 2 fully saturated rings. The summed E-state index contributed by atoms with van der Waals surface area (Å²) in [6, 6.07) is 10.0. The SMILES string of the molecule is C[C@]12CC[C@@H]3c4ccc(O)cc4CC[C@H]3[C@@H]1CC[C@@]2(O)Cc1cccnc1. The Labute approximate surface area is 161 Å². The molecule has 5 rings (SSSR count). The van der Waals surface area contributed by atoms with Gasteiger partial charge in [0.05, 0.1) is 5.60 Å². The first-order chi connectivity index (χ1) is 13.0. The summed E-state index contributed by atoms with van der Waals surface area (Å²) in [6.07, 6.45) is 10.9. The van der Waals surface area contributed by atoms with Crippen molar-refractivity contribution in [2.75, 3.05) is 0 Å². The Morgan fingerprint density at radius 2 is 2.04 bits per heavy atom. The molecule has 3 nitrogen and oxygen atoms in total. The third-order valence-electron chi connectivity index (χ3n) is 8.25. The minimum atomic E-state index is -0.624. The molecule has 3 heteroatoms. The smallest absolute Gasteiger partial charge is 0.115 e. The number of pyridine rings is 1. The molecule has 5 atom stereocenters. The Balaban J connectivity index is 1.45. The third-order valence-corrected chi connectivity index (χ3v) is 8.25. The molecule has 142 valence electrons. The topological polar surface area (TPSA) is 53.4 Å². The van der Waals surface area contributed by atoms with Crippen LogP contribution in [0.2, 0.25) is 0 Å². The third kappa shape index (κ3) is 2.55. The van der Waals surface area contributed by atoms with Gasteiger partial charge in [-0.15, -0.1) is 0 Å². The number of rotatable bonds is 2. The standard InChI is InChI=1S/C24H29NO2/c1-23-10-8-20-19-7-5-18(26)13-17(19)4-6-21(20)22(23)9-11-24(23,27)14-16-3-2-12-25-15-16/h2-3,5,7,12-13,15,20-22,26-27H,4,6,8-11,14H2,1H3/t20-,21-,22+,23+,24-/m1/s1. The summed E-state index contributed by atoms with van der Waals surface area (Å²) in [4.78, 5) is 4.25. The van der Waals surface area contributed by atoms with E-state index in [0.717, 1.165) is 44.1 Å². The van der Waals surface area contributed by atoms with Gasteiger partial charge in [-0.1, -0.05) is 19.1 Å². The van der Waals surface area contributed by atoms with E-state index in [1.165, 1.54) is 17.5 Å². The highest BCUT2D eigenvalue weighted by atomic mass is 16.3. The van der Waals surface area contributed by atoms with E-state index >= 15 is 0 Å². The van der Waals surface area contributed by atoms with Crippen molar-refractivity contribution >= 4 is 0 Å². The number of hydrogen-bond acceptors (Lipinski definition) is 3. The van der Waals surface area contributed by atoms with Crippen LogP contribution in [-0.4, -0.2) is 20.8 Å². The number of benzene rings is 1. The van der Waals surface area contributed by atoms with Gasteiger partial charge in [0.1, 0.15) is 5.75 Å². The summed E-state index contributed by atoms with van der Waals surface area (Å²) in [7, 11) is 0. The minimum Gasteiger partial charge on any atom is -0.508 e. The number of nitrogens with zero attached hydrogens (tertiary/aromatic N) is 1. The summed E-state index contributed by atoms with van der Waals surface area (Å²) in [5.41, 5.74) is 3.30. The molecule has 0 saturated heterocycles. The van der Waals surface area contributed by atoms with E-state index < -0.39 is 5.60 Å². The van der Waals surface area contributed by atoms with Crippen LogP contribution in [0.4, 0.5) is 0 Å². The van der Waals surface area contributed by atoms with Crippen LogP contribution in [0.5, 0.6) is 5.75 Å². The molecular formula is C24H29NO2. The summed E-state index contributed by atoms with van der Waals surface area (Å²) >= 11 is 0. The predicted octanol–water partition coefficient (Wildman–Crippen LogP) is 4.62. The first kappa shape index (κ1) is 17.2. The number of aliphatic hydroxyl groups is 1. The molecule has 0 amide bonds. The lowest BCUT2D eigenvalue weighted by atomic mass is 9.53. The van der Waals surface area contributed by atoms with Gasteiger partial charge in [0, 0.05) is 18.8 Å². The lowest BCUT2D eigenvalue weighted by Crippen LogP contribution is -2.51. The van der Waals surface area contributed by atoms with E-state index in [-0.39, 0.29) is 5.41 Å². The fraction of sp³-hybridized carbons (Fsp3) is 0.542. The number of aryl methyl sites for hydroxylation is 1. The number of phenolic OH excluding ortho intramolecular Hbond substituents is 1. The predicted molar refractivity (Wildman–Crippen MR) is 106 cm³/mol. The summed E-state index contributed by atoms with van der Waals surface area (Å²) in [5.74, 6) is 2.22. The molecule has 3 aliphatic rings. The van der Waals surface area contributed by atoms with Crippen LogP contribution in [0, 0.1) is 17.3 Å². The average molecular weight is 364 g/mol. The van der Waals surface area contributed by atoms with E-state index in [9.17, 15) is 10.2 Å². The van der Waals surface area contributed by atoms with Crippen molar-refractivity contribution < 1.29 is 10.2 Å². The zero-order valence-corrected chi connectivity index (χ0v) is 16.1. The molecule has 0 aliphatic heterocycles. The minimum absolute atomic E-state index is 0.0154. The molecular weight excluding hydrogens is 334 g/mol. The zero-order valence-electron chi connectivity index (χ0n) is 16.1. The molecule has 0 unspecified atom stereocenters. The largest absolute Gasteiger partial charge is 0.508 e. The van der Waals surface area contributed by atoms with E-state index in [4.69, 9.17) is 0 Å². The fourth-order valence-electron chi connectivity index (χ4n) is 6.81. The summed E-state index contributed by atoms with van der Waals surface area (Å²) in [5, 5.41) is 21.6. The number of aromatic nitrogens is 1. The first-order valence-electron chi connectivity index (χ1n) is 10.4. The Kier molecular flexibility index (Phi) is 3.87. The Bertz CT molecular complexity index is 851. The van der Waals surface area contributed by atoms with Crippen LogP contribution in [-0.2, 0) is 12.8 Å². The Morgan fingerprint density at radius 3 is 2.85 bits per heavy atom. The summed E-state index contributed by atoms with van der Waals surface area (Å²) in [6.45, 7) is 2.35. The highest BCUT2D eigenvalue weighted by Crippen LogP contribution is 2.64. The van der Waals surface area contributed by atoms with Crippen LogP contribution < -0.4 is 0 Å². The molecule has 3 aliphatic carbocycles.